The highest BCUT2D eigenvalue weighted by atomic mass is 35.5. The van der Waals surface area contributed by atoms with E-state index in [1.54, 1.807) is 39.6 Å². The van der Waals surface area contributed by atoms with Crippen LogP contribution in [0.5, 0.6) is 0 Å². The van der Waals surface area contributed by atoms with Gasteiger partial charge in [-0.3, -0.25) is 4.79 Å². The third-order valence-corrected chi connectivity index (χ3v) is 4.99. The van der Waals surface area contributed by atoms with Crippen molar-refractivity contribution in [1.29, 1.82) is 0 Å². The van der Waals surface area contributed by atoms with Crippen LogP contribution in [0.3, 0.4) is 0 Å². The lowest BCUT2D eigenvalue weighted by molar-refractivity contribution is 0.0779. The van der Waals surface area contributed by atoms with Crippen LogP contribution >= 0.6 is 11.6 Å². The van der Waals surface area contributed by atoms with Crippen molar-refractivity contribution < 1.29 is 4.79 Å². The van der Waals surface area contributed by atoms with Crippen molar-refractivity contribution in [2.24, 2.45) is 0 Å². The number of aromatic nitrogens is 5. The van der Waals surface area contributed by atoms with Gasteiger partial charge in [0.1, 0.15) is 5.69 Å². The molecule has 0 unspecified atom stereocenters. The van der Waals surface area contributed by atoms with E-state index in [0.29, 0.717) is 17.4 Å². The molecule has 3 heterocycles. The summed E-state index contributed by atoms with van der Waals surface area (Å²) in [5.41, 5.74) is 3.87. The van der Waals surface area contributed by atoms with Gasteiger partial charge in [0.05, 0.1) is 22.6 Å². The van der Waals surface area contributed by atoms with Crippen LogP contribution < -0.4 is 0 Å². The third kappa shape index (κ3) is 3.97. The van der Waals surface area contributed by atoms with Crippen molar-refractivity contribution in [2.45, 2.75) is 20.4 Å². The SMILES string of the molecule is Cc1cc(C)n(-c2ccc(Cl)c(C(=O)N(C)Cc3cnn(-c4ccccc4)c3)n2)n1. The van der Waals surface area contributed by atoms with Gasteiger partial charge in [-0.2, -0.15) is 10.2 Å². The van der Waals surface area contributed by atoms with E-state index in [1.165, 1.54) is 0 Å². The molecule has 0 fully saturated rings. The fourth-order valence-electron chi connectivity index (χ4n) is 3.25. The summed E-state index contributed by atoms with van der Waals surface area (Å²) in [6.45, 7) is 4.23. The molecule has 7 nitrogen and oxygen atoms in total. The lowest BCUT2D eigenvalue weighted by Gasteiger charge is -2.17. The van der Waals surface area contributed by atoms with Crippen LogP contribution in [0.25, 0.3) is 11.5 Å². The second kappa shape index (κ2) is 8.12. The van der Waals surface area contributed by atoms with Crippen molar-refractivity contribution in [3.8, 4) is 11.5 Å². The summed E-state index contributed by atoms with van der Waals surface area (Å²) < 4.78 is 3.48. The van der Waals surface area contributed by atoms with Crippen LogP contribution in [-0.2, 0) is 6.54 Å². The summed E-state index contributed by atoms with van der Waals surface area (Å²) in [6.07, 6.45) is 3.65. The van der Waals surface area contributed by atoms with Gasteiger partial charge in [-0.25, -0.2) is 14.3 Å². The molecule has 0 saturated heterocycles. The first-order valence-corrected chi connectivity index (χ1v) is 9.85. The maximum absolute atomic E-state index is 13.0. The molecular weight excluding hydrogens is 400 g/mol. The molecule has 1 amide bonds. The average Bonchev–Trinajstić information content (AvgIpc) is 3.34. The Bertz CT molecular complexity index is 1200. The Morgan fingerprint density at radius 2 is 1.90 bits per heavy atom. The summed E-state index contributed by atoms with van der Waals surface area (Å²) in [4.78, 5) is 19.1. The Labute approximate surface area is 179 Å². The Morgan fingerprint density at radius 1 is 1.13 bits per heavy atom. The molecule has 3 aromatic heterocycles. The van der Waals surface area contributed by atoms with Crippen LogP contribution in [0.15, 0.2) is 60.9 Å². The van der Waals surface area contributed by atoms with Crippen LogP contribution in [0.1, 0.15) is 27.4 Å². The van der Waals surface area contributed by atoms with Gasteiger partial charge in [-0.1, -0.05) is 29.8 Å². The second-order valence-corrected chi connectivity index (χ2v) is 7.54. The fraction of sp³-hybridized carbons (Fsp3) is 0.182. The van der Waals surface area contributed by atoms with Crippen molar-refractivity contribution in [1.82, 2.24) is 29.4 Å². The molecule has 0 aliphatic rings. The molecule has 4 rings (SSSR count). The van der Waals surface area contributed by atoms with Crippen molar-refractivity contribution in [3.63, 3.8) is 0 Å². The molecule has 0 aliphatic carbocycles. The van der Waals surface area contributed by atoms with E-state index in [1.807, 2.05) is 56.4 Å². The Balaban J connectivity index is 1.55. The maximum Gasteiger partial charge on any atom is 0.274 e. The number of rotatable bonds is 5. The van der Waals surface area contributed by atoms with Gasteiger partial charge in [0.25, 0.3) is 5.91 Å². The number of aryl methyl sites for hydroxylation is 2. The largest absolute Gasteiger partial charge is 0.336 e. The van der Waals surface area contributed by atoms with Crippen molar-refractivity contribution in [3.05, 3.63) is 88.6 Å². The Morgan fingerprint density at radius 3 is 2.60 bits per heavy atom. The van der Waals surface area contributed by atoms with Crippen LogP contribution in [0.2, 0.25) is 5.02 Å². The molecule has 0 N–H and O–H groups in total. The fourth-order valence-corrected chi connectivity index (χ4v) is 3.44. The number of amides is 1. The first kappa shape index (κ1) is 19.8. The zero-order valence-electron chi connectivity index (χ0n) is 17.0. The number of hydrogen-bond acceptors (Lipinski definition) is 4. The van der Waals surface area contributed by atoms with Gasteiger partial charge in [0.2, 0.25) is 0 Å². The molecule has 0 atom stereocenters. The summed E-state index contributed by atoms with van der Waals surface area (Å²) in [7, 11) is 1.72. The van der Waals surface area contributed by atoms with Gasteiger partial charge in [-0.15, -0.1) is 0 Å². The molecule has 0 spiro atoms. The van der Waals surface area contributed by atoms with Gasteiger partial charge in [-0.05, 0) is 44.2 Å². The first-order valence-electron chi connectivity index (χ1n) is 9.47. The van der Waals surface area contributed by atoms with Crippen LogP contribution in [0.4, 0.5) is 0 Å². The molecule has 0 radical (unpaired) electrons. The smallest absolute Gasteiger partial charge is 0.274 e. The predicted octanol–water partition coefficient (Wildman–Crippen LogP) is 4.00. The topological polar surface area (TPSA) is 68.8 Å². The average molecular weight is 421 g/mol. The van der Waals surface area contributed by atoms with E-state index < -0.39 is 0 Å². The van der Waals surface area contributed by atoms with Gasteiger partial charge >= 0.3 is 0 Å². The minimum Gasteiger partial charge on any atom is -0.336 e. The number of carbonyl (C=O) groups is 1. The van der Waals surface area contributed by atoms with Crippen molar-refractivity contribution >= 4 is 17.5 Å². The van der Waals surface area contributed by atoms with E-state index in [-0.39, 0.29) is 11.6 Å². The number of pyridine rings is 1. The molecular formula is C22H21ClN6O. The highest BCUT2D eigenvalue weighted by Gasteiger charge is 2.19. The lowest BCUT2D eigenvalue weighted by atomic mass is 10.2. The molecule has 1 aromatic carbocycles. The molecule has 8 heteroatoms. The highest BCUT2D eigenvalue weighted by Crippen LogP contribution is 2.20. The molecule has 0 bridgehead atoms. The first-order chi connectivity index (χ1) is 14.4. The molecule has 4 aromatic rings. The van der Waals surface area contributed by atoms with E-state index in [2.05, 4.69) is 15.2 Å². The third-order valence-electron chi connectivity index (χ3n) is 4.68. The molecule has 0 aliphatic heterocycles. The Hall–Kier alpha value is -3.45. The molecule has 30 heavy (non-hydrogen) atoms. The number of carbonyl (C=O) groups excluding carboxylic acids is 1. The van der Waals surface area contributed by atoms with Gasteiger partial charge < -0.3 is 4.90 Å². The normalized spacial score (nSPS) is 10.9. The van der Waals surface area contributed by atoms with E-state index in [4.69, 9.17) is 11.6 Å². The number of nitrogens with zero attached hydrogens (tertiary/aromatic N) is 6. The number of halogens is 1. The Kier molecular flexibility index (Phi) is 5.37. The summed E-state index contributed by atoms with van der Waals surface area (Å²) in [6, 6.07) is 15.2. The quantitative estimate of drug-likeness (QED) is 0.489. The van der Waals surface area contributed by atoms with E-state index in [0.717, 1.165) is 22.6 Å². The van der Waals surface area contributed by atoms with Crippen molar-refractivity contribution in [2.75, 3.05) is 7.05 Å². The molecule has 152 valence electrons. The second-order valence-electron chi connectivity index (χ2n) is 7.13. The zero-order valence-corrected chi connectivity index (χ0v) is 17.7. The van der Waals surface area contributed by atoms with Crippen LogP contribution in [0, 0.1) is 13.8 Å². The minimum absolute atomic E-state index is 0.194. The highest BCUT2D eigenvalue weighted by molar-refractivity contribution is 6.33. The predicted molar refractivity (Wildman–Crippen MR) is 115 cm³/mol. The summed E-state index contributed by atoms with van der Waals surface area (Å²) in [5.74, 6) is 0.287. The summed E-state index contributed by atoms with van der Waals surface area (Å²) in [5, 5.41) is 9.11. The number of para-hydroxylation sites is 1. The summed E-state index contributed by atoms with van der Waals surface area (Å²) >= 11 is 6.30. The minimum atomic E-state index is -0.268. The van der Waals surface area contributed by atoms with E-state index >= 15 is 0 Å². The number of hydrogen-bond donors (Lipinski definition) is 0. The molecule has 0 saturated carbocycles. The lowest BCUT2D eigenvalue weighted by Crippen LogP contribution is -2.27. The maximum atomic E-state index is 13.0. The van der Waals surface area contributed by atoms with Crippen LogP contribution in [-0.4, -0.2) is 42.4 Å². The monoisotopic (exact) mass is 420 g/mol. The van der Waals surface area contributed by atoms with Gasteiger partial charge in [0, 0.05) is 31.0 Å². The standard InChI is InChI=1S/C22H21ClN6O/c1-15-11-16(2)29(26-15)20-10-9-19(23)21(25-20)22(30)27(3)13-17-12-24-28(14-17)18-7-5-4-6-8-18/h4-12,14H,13H2,1-3H3. The number of benzene rings is 1. The van der Waals surface area contributed by atoms with E-state index in [9.17, 15) is 4.79 Å². The zero-order chi connectivity index (χ0) is 21.3. The van der Waals surface area contributed by atoms with Gasteiger partial charge in [0.15, 0.2) is 5.82 Å².